The van der Waals surface area contributed by atoms with Gasteiger partial charge in [0, 0.05) is 29.6 Å². The maximum atomic E-state index is 5.57. The van der Waals surface area contributed by atoms with Gasteiger partial charge in [-0.05, 0) is 43.3 Å². The van der Waals surface area contributed by atoms with Crippen LogP contribution in [0.5, 0.6) is 17.4 Å². The van der Waals surface area contributed by atoms with Gasteiger partial charge in [-0.25, -0.2) is 15.0 Å². The Bertz CT molecular complexity index is 1580. The second kappa shape index (κ2) is 9.75. The van der Waals surface area contributed by atoms with Gasteiger partial charge in [0.2, 0.25) is 12.7 Å². The molecule has 4 heterocycles. The molecule has 2 aromatic carbocycles. The number of benzene rings is 2. The standard InChI is InChI=1S/C27H25N7O3/c1-16-3-2-4-20(31-16)27-26(17-5-7-19-21(11-17)32-25(14-30-19)35-10-9-28)33-24(34-27)13-29-18-6-8-22-23(12-18)37-15-36-22/h2-8,11-12,14,29H,9-10,13,15,28H2,1H3,(H,33,34). The summed E-state index contributed by atoms with van der Waals surface area (Å²) in [6, 6.07) is 17.6. The van der Waals surface area contributed by atoms with Crippen LogP contribution in [0.1, 0.15) is 11.5 Å². The van der Waals surface area contributed by atoms with E-state index in [2.05, 4.69) is 20.3 Å². The lowest BCUT2D eigenvalue weighted by Crippen LogP contribution is -2.11. The number of H-pyrrole nitrogens is 1. The number of aromatic amines is 1. The second-order valence-electron chi connectivity index (χ2n) is 8.54. The number of imidazole rings is 1. The fourth-order valence-electron chi connectivity index (χ4n) is 4.15. The van der Waals surface area contributed by atoms with Gasteiger partial charge in [-0.2, -0.15) is 0 Å². The largest absolute Gasteiger partial charge is 0.475 e. The molecule has 0 fully saturated rings. The molecule has 4 N–H and O–H groups in total. The first-order chi connectivity index (χ1) is 18.2. The Labute approximate surface area is 212 Å². The van der Waals surface area contributed by atoms with Gasteiger partial charge in [-0.1, -0.05) is 12.1 Å². The van der Waals surface area contributed by atoms with Gasteiger partial charge in [-0.3, -0.25) is 4.98 Å². The number of rotatable bonds is 8. The van der Waals surface area contributed by atoms with E-state index in [9.17, 15) is 0 Å². The van der Waals surface area contributed by atoms with E-state index in [1.807, 2.05) is 61.5 Å². The Morgan fingerprint density at radius 1 is 1.00 bits per heavy atom. The number of nitrogens with zero attached hydrogens (tertiary/aromatic N) is 4. The number of anilines is 1. The molecule has 0 bridgehead atoms. The van der Waals surface area contributed by atoms with Crippen molar-refractivity contribution in [1.29, 1.82) is 0 Å². The van der Waals surface area contributed by atoms with Crippen molar-refractivity contribution in [3.63, 3.8) is 0 Å². The van der Waals surface area contributed by atoms with Crippen molar-refractivity contribution in [1.82, 2.24) is 24.9 Å². The summed E-state index contributed by atoms with van der Waals surface area (Å²) in [5, 5.41) is 3.40. The minimum absolute atomic E-state index is 0.240. The average molecular weight is 496 g/mol. The van der Waals surface area contributed by atoms with Gasteiger partial charge < -0.3 is 30.2 Å². The smallest absolute Gasteiger partial charge is 0.232 e. The summed E-state index contributed by atoms with van der Waals surface area (Å²) >= 11 is 0. The van der Waals surface area contributed by atoms with Gasteiger partial charge in [0.05, 0.1) is 35.2 Å². The van der Waals surface area contributed by atoms with Crippen molar-refractivity contribution < 1.29 is 14.2 Å². The van der Waals surface area contributed by atoms with E-state index in [4.69, 9.17) is 29.9 Å². The molecule has 0 radical (unpaired) electrons. The van der Waals surface area contributed by atoms with E-state index in [0.717, 1.165) is 56.9 Å². The van der Waals surface area contributed by atoms with Crippen LogP contribution >= 0.6 is 0 Å². The summed E-state index contributed by atoms with van der Waals surface area (Å²) in [7, 11) is 0. The van der Waals surface area contributed by atoms with E-state index in [1.54, 1.807) is 6.20 Å². The molecule has 0 saturated carbocycles. The summed E-state index contributed by atoms with van der Waals surface area (Å²) in [4.78, 5) is 22.2. The number of nitrogens with two attached hydrogens (primary N) is 1. The molecular weight excluding hydrogens is 470 g/mol. The lowest BCUT2D eigenvalue weighted by molar-refractivity contribution is 0.174. The quantitative estimate of drug-likeness (QED) is 0.291. The highest BCUT2D eigenvalue weighted by Crippen LogP contribution is 2.35. The molecule has 0 atom stereocenters. The van der Waals surface area contributed by atoms with Crippen molar-refractivity contribution in [2.24, 2.45) is 5.73 Å². The van der Waals surface area contributed by atoms with E-state index in [1.165, 1.54) is 0 Å². The molecular formula is C27H25N7O3. The van der Waals surface area contributed by atoms with E-state index >= 15 is 0 Å². The molecule has 0 aliphatic carbocycles. The molecule has 5 aromatic rings. The van der Waals surface area contributed by atoms with Gasteiger partial charge in [-0.15, -0.1) is 0 Å². The maximum absolute atomic E-state index is 5.57. The minimum Gasteiger partial charge on any atom is -0.475 e. The lowest BCUT2D eigenvalue weighted by Gasteiger charge is -2.07. The first-order valence-electron chi connectivity index (χ1n) is 11.9. The first-order valence-corrected chi connectivity index (χ1v) is 11.9. The fraction of sp³-hybridized carbons (Fsp3) is 0.185. The summed E-state index contributed by atoms with van der Waals surface area (Å²) < 4.78 is 16.5. The predicted molar refractivity (Wildman–Crippen MR) is 140 cm³/mol. The third kappa shape index (κ3) is 4.74. The van der Waals surface area contributed by atoms with Crippen LogP contribution in [0, 0.1) is 6.92 Å². The summed E-state index contributed by atoms with van der Waals surface area (Å²) in [5.74, 6) is 2.67. The summed E-state index contributed by atoms with van der Waals surface area (Å²) in [6.45, 7) is 3.46. The highest BCUT2D eigenvalue weighted by molar-refractivity contribution is 5.85. The van der Waals surface area contributed by atoms with Crippen molar-refractivity contribution in [2.45, 2.75) is 13.5 Å². The molecule has 10 heteroatoms. The normalized spacial score (nSPS) is 12.2. The Hall–Kier alpha value is -4.70. The van der Waals surface area contributed by atoms with Crippen molar-refractivity contribution >= 4 is 16.7 Å². The Kier molecular flexibility index (Phi) is 5.99. The highest BCUT2D eigenvalue weighted by atomic mass is 16.7. The molecule has 0 saturated heterocycles. The van der Waals surface area contributed by atoms with Crippen LogP contribution in [-0.2, 0) is 6.54 Å². The van der Waals surface area contributed by atoms with Crippen LogP contribution in [0.4, 0.5) is 5.69 Å². The number of nitrogens with one attached hydrogen (secondary N) is 2. The number of pyridine rings is 1. The maximum Gasteiger partial charge on any atom is 0.232 e. The minimum atomic E-state index is 0.240. The molecule has 0 amide bonds. The molecule has 186 valence electrons. The second-order valence-corrected chi connectivity index (χ2v) is 8.54. The van der Waals surface area contributed by atoms with Gasteiger partial charge in [0.1, 0.15) is 18.1 Å². The molecule has 37 heavy (non-hydrogen) atoms. The molecule has 1 aliphatic rings. The van der Waals surface area contributed by atoms with Crippen molar-refractivity contribution in [2.75, 3.05) is 25.3 Å². The van der Waals surface area contributed by atoms with Crippen LogP contribution in [-0.4, -0.2) is 44.9 Å². The van der Waals surface area contributed by atoms with Gasteiger partial charge in [0.15, 0.2) is 11.5 Å². The average Bonchev–Trinajstić information content (AvgIpc) is 3.57. The van der Waals surface area contributed by atoms with Crippen LogP contribution in [0.25, 0.3) is 33.7 Å². The molecule has 1 aliphatic heterocycles. The number of fused-ring (bicyclic) bond motifs is 2. The SMILES string of the molecule is Cc1cccc(-c2nc(CNc3ccc4c(c3)OCO4)[nH]c2-c2ccc3ncc(OCCN)nc3c2)n1. The molecule has 6 rings (SSSR count). The molecule has 0 spiro atoms. The summed E-state index contributed by atoms with van der Waals surface area (Å²) in [6.07, 6.45) is 1.61. The van der Waals surface area contributed by atoms with E-state index < -0.39 is 0 Å². The highest BCUT2D eigenvalue weighted by Gasteiger charge is 2.17. The third-order valence-electron chi connectivity index (χ3n) is 5.89. The van der Waals surface area contributed by atoms with Crippen molar-refractivity contribution in [3.8, 4) is 40.0 Å². The zero-order valence-corrected chi connectivity index (χ0v) is 20.2. The Morgan fingerprint density at radius 2 is 1.92 bits per heavy atom. The van der Waals surface area contributed by atoms with E-state index in [-0.39, 0.29) is 6.79 Å². The topological polar surface area (TPSA) is 133 Å². The molecule has 10 nitrogen and oxygen atoms in total. The lowest BCUT2D eigenvalue weighted by atomic mass is 10.1. The molecule has 3 aromatic heterocycles. The third-order valence-corrected chi connectivity index (χ3v) is 5.89. The Morgan fingerprint density at radius 3 is 2.81 bits per heavy atom. The number of hydrogen-bond acceptors (Lipinski definition) is 9. The molecule has 0 unspecified atom stereocenters. The Balaban J connectivity index is 1.35. The number of aryl methyl sites for hydroxylation is 1. The number of ether oxygens (including phenoxy) is 3. The predicted octanol–water partition coefficient (Wildman–Crippen LogP) is 4.07. The van der Waals surface area contributed by atoms with Crippen molar-refractivity contribution in [3.05, 3.63) is 72.3 Å². The van der Waals surface area contributed by atoms with Crippen LogP contribution in [0.2, 0.25) is 0 Å². The van der Waals surface area contributed by atoms with Gasteiger partial charge >= 0.3 is 0 Å². The zero-order chi connectivity index (χ0) is 25.2. The van der Waals surface area contributed by atoms with Crippen LogP contribution < -0.4 is 25.3 Å². The summed E-state index contributed by atoms with van der Waals surface area (Å²) in [5.41, 5.74) is 12.2. The number of aromatic nitrogens is 5. The van der Waals surface area contributed by atoms with E-state index in [0.29, 0.717) is 31.1 Å². The van der Waals surface area contributed by atoms with Crippen LogP contribution in [0.3, 0.4) is 0 Å². The number of hydrogen-bond donors (Lipinski definition) is 3. The van der Waals surface area contributed by atoms with Gasteiger partial charge in [0.25, 0.3) is 0 Å². The first kappa shape index (κ1) is 22.7. The van der Waals surface area contributed by atoms with Crippen LogP contribution in [0.15, 0.2) is 60.8 Å². The fourth-order valence-corrected chi connectivity index (χ4v) is 4.15. The zero-order valence-electron chi connectivity index (χ0n) is 20.2. The monoisotopic (exact) mass is 495 g/mol.